The molecule has 4 nitrogen and oxygen atoms in total. The Bertz CT molecular complexity index is 2530. The Balaban J connectivity index is 1.34. The molecule has 0 atom stereocenters. The van der Waals surface area contributed by atoms with Crippen LogP contribution in [0.3, 0.4) is 0 Å². The van der Waals surface area contributed by atoms with Crippen molar-refractivity contribution in [2.75, 3.05) is 0 Å². The maximum absolute atomic E-state index is 15.3. The average Bonchev–Trinajstić information content (AvgIpc) is 3.28. The summed E-state index contributed by atoms with van der Waals surface area (Å²) in [5, 5.41) is 6.11. The molecule has 8 aromatic carbocycles. The smallest absolute Gasteiger partial charge is 0.346 e. The number of rotatable bonds is 10. The summed E-state index contributed by atoms with van der Waals surface area (Å²) >= 11 is 0. The number of aryl methyl sites for hydroxylation is 6. The SMILES string of the molecule is Cc1ccc([Si](Oc2ccc(O[Si](c3ccc(C)cc3)(c3ccc(C)cc3)c3ccc(C)cc3)c3c2C(=O)c2ccccc2C3=O)(c2ccc(C)cc2)c2ccc(C)cc2)cc1. The van der Waals surface area contributed by atoms with Crippen LogP contribution in [-0.4, -0.2) is 28.2 Å². The van der Waals surface area contributed by atoms with E-state index in [0.717, 1.165) is 64.5 Å². The summed E-state index contributed by atoms with van der Waals surface area (Å²) in [7, 11) is -6.94. The Morgan fingerprint density at radius 2 is 0.500 bits per heavy atom. The van der Waals surface area contributed by atoms with E-state index in [0.29, 0.717) is 22.6 Å². The predicted octanol–water partition coefficient (Wildman–Crippen LogP) is 8.40. The van der Waals surface area contributed by atoms with Crippen LogP contribution in [0.5, 0.6) is 11.5 Å². The van der Waals surface area contributed by atoms with Gasteiger partial charge in [-0.2, -0.15) is 0 Å². The van der Waals surface area contributed by atoms with Gasteiger partial charge < -0.3 is 8.85 Å². The highest BCUT2D eigenvalue weighted by atomic mass is 28.4. The molecular formula is C56H48O4Si2. The van der Waals surface area contributed by atoms with Gasteiger partial charge in [0.05, 0.1) is 11.1 Å². The zero-order valence-corrected chi connectivity index (χ0v) is 38.0. The van der Waals surface area contributed by atoms with Crippen molar-refractivity contribution in [1.82, 2.24) is 0 Å². The molecule has 0 aromatic heterocycles. The number of hydrogen-bond donors (Lipinski definition) is 0. The van der Waals surface area contributed by atoms with Crippen LogP contribution in [0.15, 0.2) is 182 Å². The second-order valence-electron chi connectivity index (χ2n) is 16.8. The molecule has 0 saturated heterocycles. The average molecular weight is 841 g/mol. The molecule has 9 rings (SSSR count). The third kappa shape index (κ3) is 7.05. The van der Waals surface area contributed by atoms with E-state index in [1.54, 1.807) is 12.1 Å². The van der Waals surface area contributed by atoms with E-state index in [9.17, 15) is 0 Å². The van der Waals surface area contributed by atoms with Gasteiger partial charge in [0.15, 0.2) is 11.6 Å². The highest BCUT2D eigenvalue weighted by Crippen LogP contribution is 2.40. The standard InChI is InChI=1S/C56H48O4Si2/c1-37-11-23-43(24-12-37)61(44-25-13-38(2)14-26-44,45-27-15-39(3)16-28-45)59-51-35-36-52(54-53(51)55(57)49-9-7-8-10-50(49)56(54)58)60-62(46-29-17-40(4)18-30-46,47-31-19-41(5)20-32-47)48-33-21-42(6)22-34-48/h7-36H,1-6H3. The Morgan fingerprint density at radius 1 is 0.290 bits per heavy atom. The lowest BCUT2D eigenvalue weighted by Crippen LogP contribution is -2.72. The summed E-state index contributed by atoms with van der Waals surface area (Å²) in [6, 6.07) is 62.0. The van der Waals surface area contributed by atoms with E-state index >= 15 is 9.59 Å². The summed E-state index contributed by atoms with van der Waals surface area (Å²) in [6.07, 6.45) is 0. The summed E-state index contributed by atoms with van der Waals surface area (Å²) in [5.41, 5.74) is 7.90. The van der Waals surface area contributed by atoms with Crippen molar-refractivity contribution >= 4 is 59.3 Å². The predicted molar refractivity (Wildman–Crippen MR) is 257 cm³/mol. The first-order valence-electron chi connectivity index (χ1n) is 21.1. The fourth-order valence-corrected chi connectivity index (χ4v) is 16.3. The van der Waals surface area contributed by atoms with Crippen molar-refractivity contribution in [3.05, 3.63) is 238 Å². The molecular weight excluding hydrogens is 793 g/mol. The lowest BCUT2D eigenvalue weighted by molar-refractivity contribution is 0.0976. The molecule has 0 saturated carbocycles. The molecule has 0 amide bonds. The highest BCUT2D eigenvalue weighted by Gasteiger charge is 2.48. The Kier molecular flexibility index (Phi) is 10.6. The van der Waals surface area contributed by atoms with E-state index in [2.05, 4.69) is 187 Å². The molecule has 0 N–H and O–H groups in total. The Hall–Kier alpha value is -6.87. The molecule has 0 fully saturated rings. The molecule has 1 aliphatic rings. The van der Waals surface area contributed by atoms with E-state index in [-0.39, 0.29) is 22.7 Å². The zero-order valence-electron chi connectivity index (χ0n) is 36.0. The van der Waals surface area contributed by atoms with Gasteiger partial charge in [-0.1, -0.05) is 203 Å². The van der Waals surface area contributed by atoms with E-state index in [1.807, 2.05) is 24.3 Å². The zero-order chi connectivity index (χ0) is 43.2. The fraction of sp³-hybridized carbons (Fsp3) is 0.107. The molecule has 0 aliphatic heterocycles. The van der Waals surface area contributed by atoms with Gasteiger partial charge in [0.1, 0.15) is 11.5 Å². The molecule has 0 bridgehead atoms. The minimum Gasteiger partial charge on any atom is -0.530 e. The maximum atomic E-state index is 15.3. The van der Waals surface area contributed by atoms with Gasteiger partial charge in [-0.05, 0) is 84.8 Å². The van der Waals surface area contributed by atoms with Crippen molar-refractivity contribution in [2.24, 2.45) is 0 Å². The molecule has 0 radical (unpaired) electrons. The van der Waals surface area contributed by atoms with Gasteiger partial charge in [0, 0.05) is 11.1 Å². The molecule has 62 heavy (non-hydrogen) atoms. The van der Waals surface area contributed by atoms with Crippen LogP contribution in [0.4, 0.5) is 0 Å². The van der Waals surface area contributed by atoms with Crippen molar-refractivity contribution in [3.8, 4) is 11.5 Å². The van der Waals surface area contributed by atoms with E-state index in [4.69, 9.17) is 8.85 Å². The monoisotopic (exact) mass is 840 g/mol. The number of carbonyl (C=O) groups excluding carboxylic acids is 2. The molecule has 6 heteroatoms. The minimum absolute atomic E-state index is 0.217. The third-order valence-corrected chi connectivity index (χ3v) is 20.2. The molecule has 1 aliphatic carbocycles. The number of ketones is 2. The quantitative estimate of drug-likeness (QED) is 0.103. The lowest BCUT2D eigenvalue weighted by atomic mass is 9.83. The summed E-state index contributed by atoms with van der Waals surface area (Å²) < 4.78 is 15.4. The van der Waals surface area contributed by atoms with Crippen LogP contribution in [0.2, 0.25) is 0 Å². The van der Waals surface area contributed by atoms with Crippen LogP contribution >= 0.6 is 0 Å². The molecule has 304 valence electrons. The lowest BCUT2D eigenvalue weighted by Gasteiger charge is -2.37. The van der Waals surface area contributed by atoms with Gasteiger partial charge in [-0.15, -0.1) is 0 Å². The van der Waals surface area contributed by atoms with Gasteiger partial charge in [-0.3, -0.25) is 9.59 Å². The molecule has 0 spiro atoms. The number of benzene rings is 8. The van der Waals surface area contributed by atoms with E-state index in [1.165, 1.54) is 0 Å². The first-order valence-corrected chi connectivity index (χ1v) is 25.0. The number of fused-ring (bicyclic) bond motifs is 2. The van der Waals surface area contributed by atoms with Crippen molar-refractivity contribution in [3.63, 3.8) is 0 Å². The summed E-state index contributed by atoms with van der Waals surface area (Å²) in [5.74, 6) is 0.149. The second kappa shape index (κ2) is 16.2. The van der Waals surface area contributed by atoms with Crippen molar-refractivity contribution in [2.45, 2.75) is 41.5 Å². The first-order chi connectivity index (χ1) is 30.0. The first kappa shape index (κ1) is 40.5. The van der Waals surface area contributed by atoms with Gasteiger partial charge in [0.25, 0.3) is 0 Å². The van der Waals surface area contributed by atoms with Gasteiger partial charge in [-0.25, -0.2) is 0 Å². The van der Waals surface area contributed by atoms with Crippen LogP contribution < -0.4 is 40.0 Å². The van der Waals surface area contributed by atoms with Crippen LogP contribution in [0.25, 0.3) is 0 Å². The number of carbonyl (C=O) groups is 2. The van der Waals surface area contributed by atoms with Crippen molar-refractivity contribution < 1.29 is 18.4 Å². The van der Waals surface area contributed by atoms with Gasteiger partial charge >= 0.3 is 16.6 Å². The second-order valence-corrected chi connectivity index (χ2v) is 23.4. The highest BCUT2D eigenvalue weighted by molar-refractivity contribution is 7.08. The van der Waals surface area contributed by atoms with Gasteiger partial charge in [0.2, 0.25) is 0 Å². The molecule has 0 unspecified atom stereocenters. The van der Waals surface area contributed by atoms with Crippen molar-refractivity contribution in [1.29, 1.82) is 0 Å². The normalized spacial score (nSPS) is 12.4. The fourth-order valence-electron chi connectivity index (χ4n) is 8.75. The summed E-state index contributed by atoms with van der Waals surface area (Å²) in [4.78, 5) is 30.6. The Labute approximate surface area is 366 Å². The molecule has 0 heterocycles. The van der Waals surface area contributed by atoms with Crippen LogP contribution in [0.1, 0.15) is 65.2 Å². The molecule has 8 aromatic rings. The minimum atomic E-state index is -3.47. The summed E-state index contributed by atoms with van der Waals surface area (Å²) in [6.45, 7) is 12.5. The van der Waals surface area contributed by atoms with E-state index < -0.39 is 16.6 Å². The third-order valence-electron chi connectivity index (χ3n) is 12.3. The topological polar surface area (TPSA) is 52.6 Å². The number of hydrogen-bond acceptors (Lipinski definition) is 4. The Morgan fingerprint density at radius 3 is 0.710 bits per heavy atom. The largest absolute Gasteiger partial charge is 0.530 e. The maximum Gasteiger partial charge on any atom is 0.346 e. The van der Waals surface area contributed by atoms with Crippen LogP contribution in [-0.2, 0) is 0 Å². The van der Waals surface area contributed by atoms with Crippen LogP contribution in [0, 0.1) is 41.5 Å².